The van der Waals surface area contributed by atoms with Crippen LogP contribution in [0.25, 0.3) is 0 Å². The molecule has 37 heavy (non-hydrogen) atoms. The number of amides is 3. The molecule has 2 aromatic rings. The number of nitrogens with zero attached hydrogens (tertiary/aromatic N) is 1. The van der Waals surface area contributed by atoms with Crippen LogP contribution in [-0.2, 0) is 16.8 Å². The fraction of sp³-hybridized carbons (Fsp3) is 0.500. The number of aliphatic hydroxyl groups is 1. The highest BCUT2D eigenvalue weighted by Crippen LogP contribution is 2.38. The van der Waals surface area contributed by atoms with Crippen LogP contribution in [0.3, 0.4) is 0 Å². The first-order valence-corrected chi connectivity index (χ1v) is 13.1. The minimum atomic E-state index is -0.995. The van der Waals surface area contributed by atoms with E-state index in [1.807, 2.05) is 12.1 Å². The molecule has 3 amide bonds. The highest BCUT2D eigenvalue weighted by Gasteiger charge is 2.35. The predicted octanol–water partition coefficient (Wildman–Crippen LogP) is 3.74. The second-order valence-corrected chi connectivity index (χ2v) is 10.2. The second-order valence-electron chi connectivity index (χ2n) is 10.2. The molecule has 1 saturated heterocycles. The van der Waals surface area contributed by atoms with Gasteiger partial charge in [0.25, 0.3) is 0 Å². The van der Waals surface area contributed by atoms with Crippen molar-refractivity contribution in [1.82, 2.24) is 16.0 Å². The predicted molar refractivity (Wildman–Crippen MR) is 138 cm³/mol. The number of aliphatic hydroxyl groups excluding tert-OH is 1. The van der Waals surface area contributed by atoms with Crippen LogP contribution in [-0.4, -0.2) is 48.8 Å². The van der Waals surface area contributed by atoms with E-state index in [1.165, 1.54) is 19.1 Å². The van der Waals surface area contributed by atoms with Crippen LogP contribution >= 0.6 is 0 Å². The van der Waals surface area contributed by atoms with Crippen molar-refractivity contribution in [1.29, 1.82) is 0 Å². The number of rotatable bonds is 9. The molecule has 1 saturated carbocycles. The number of anilines is 1. The second kappa shape index (κ2) is 12.0. The van der Waals surface area contributed by atoms with Gasteiger partial charge in [0.1, 0.15) is 11.6 Å². The molecule has 4 rings (SSSR count). The van der Waals surface area contributed by atoms with Gasteiger partial charge in [0.15, 0.2) is 0 Å². The van der Waals surface area contributed by atoms with Crippen molar-refractivity contribution < 1.29 is 23.5 Å². The number of carbonyl (C=O) groups excluding carboxylic acids is 2. The molecule has 1 aliphatic heterocycles. The SMILES string of the molecule is CC(=O)N[C@@H](Cc1cc(F)cc(F)c1)[C@H](O)CNC1(c2cccc(N3CCCNC3=O)c2)CCCCC1. The summed E-state index contributed by atoms with van der Waals surface area (Å²) in [6.07, 6.45) is 4.88. The number of halogens is 2. The number of hydrogen-bond acceptors (Lipinski definition) is 4. The van der Waals surface area contributed by atoms with Crippen molar-refractivity contribution in [2.75, 3.05) is 24.5 Å². The maximum absolute atomic E-state index is 13.7. The van der Waals surface area contributed by atoms with Crippen molar-refractivity contribution in [3.63, 3.8) is 0 Å². The van der Waals surface area contributed by atoms with Gasteiger partial charge in [-0.05, 0) is 61.1 Å². The molecule has 0 radical (unpaired) electrons. The summed E-state index contributed by atoms with van der Waals surface area (Å²) in [5, 5.41) is 20.3. The number of hydrogen-bond donors (Lipinski definition) is 4. The number of benzene rings is 2. The molecule has 200 valence electrons. The zero-order valence-corrected chi connectivity index (χ0v) is 21.2. The Kier molecular flexibility index (Phi) is 8.76. The number of urea groups is 1. The Balaban J connectivity index is 1.53. The fourth-order valence-electron chi connectivity index (χ4n) is 5.54. The van der Waals surface area contributed by atoms with E-state index < -0.39 is 29.3 Å². The van der Waals surface area contributed by atoms with Crippen LogP contribution in [0, 0.1) is 11.6 Å². The minimum absolute atomic E-state index is 0.0870. The molecule has 2 atom stereocenters. The van der Waals surface area contributed by atoms with E-state index in [9.17, 15) is 23.5 Å². The van der Waals surface area contributed by atoms with E-state index >= 15 is 0 Å². The molecular formula is C28H36F2N4O3. The molecule has 0 unspecified atom stereocenters. The fourth-order valence-corrected chi connectivity index (χ4v) is 5.54. The van der Waals surface area contributed by atoms with Gasteiger partial charge >= 0.3 is 6.03 Å². The number of carbonyl (C=O) groups is 2. The molecule has 7 nitrogen and oxygen atoms in total. The van der Waals surface area contributed by atoms with E-state index in [-0.39, 0.29) is 24.9 Å². The first-order valence-electron chi connectivity index (χ1n) is 13.1. The molecule has 0 spiro atoms. The van der Waals surface area contributed by atoms with E-state index in [0.717, 1.165) is 55.8 Å². The molecule has 2 aliphatic rings. The molecule has 0 aromatic heterocycles. The van der Waals surface area contributed by atoms with Crippen molar-refractivity contribution in [3.8, 4) is 0 Å². The lowest BCUT2D eigenvalue weighted by Crippen LogP contribution is -2.53. The third-order valence-electron chi connectivity index (χ3n) is 7.38. The topological polar surface area (TPSA) is 93.7 Å². The van der Waals surface area contributed by atoms with Crippen LogP contribution in [0.4, 0.5) is 19.3 Å². The Morgan fingerprint density at radius 3 is 2.51 bits per heavy atom. The van der Waals surface area contributed by atoms with Crippen LogP contribution < -0.4 is 20.9 Å². The summed E-state index contributed by atoms with van der Waals surface area (Å²) in [5.41, 5.74) is 1.85. The first kappa shape index (κ1) is 27.0. The average molecular weight is 515 g/mol. The molecule has 0 bridgehead atoms. The summed E-state index contributed by atoms with van der Waals surface area (Å²) >= 11 is 0. The van der Waals surface area contributed by atoms with Gasteiger partial charge in [0, 0.05) is 43.9 Å². The third kappa shape index (κ3) is 6.84. The third-order valence-corrected chi connectivity index (χ3v) is 7.38. The molecule has 4 N–H and O–H groups in total. The van der Waals surface area contributed by atoms with Crippen LogP contribution in [0.2, 0.25) is 0 Å². The van der Waals surface area contributed by atoms with Crippen molar-refractivity contribution in [2.45, 2.75) is 69.6 Å². The number of nitrogens with one attached hydrogen (secondary N) is 3. The summed E-state index contributed by atoms with van der Waals surface area (Å²) in [6, 6.07) is 10.4. The molecule has 2 fully saturated rings. The van der Waals surface area contributed by atoms with Crippen LogP contribution in [0.1, 0.15) is 56.6 Å². The van der Waals surface area contributed by atoms with Crippen LogP contribution in [0.5, 0.6) is 0 Å². The van der Waals surface area contributed by atoms with Crippen molar-refractivity contribution in [2.24, 2.45) is 0 Å². The summed E-state index contributed by atoms with van der Waals surface area (Å²) in [4.78, 5) is 26.0. The van der Waals surface area contributed by atoms with Gasteiger partial charge in [-0.3, -0.25) is 9.69 Å². The molecule has 2 aromatic carbocycles. The molecule has 1 heterocycles. The highest BCUT2D eigenvalue weighted by atomic mass is 19.1. The van der Waals surface area contributed by atoms with Crippen LogP contribution in [0.15, 0.2) is 42.5 Å². The van der Waals surface area contributed by atoms with Gasteiger partial charge in [-0.1, -0.05) is 31.4 Å². The molecule has 9 heteroatoms. The maximum atomic E-state index is 13.7. The van der Waals surface area contributed by atoms with E-state index in [2.05, 4.69) is 28.1 Å². The Morgan fingerprint density at radius 2 is 1.84 bits per heavy atom. The summed E-state index contributed by atoms with van der Waals surface area (Å²) < 4.78 is 27.5. The Bertz CT molecular complexity index is 1090. The zero-order chi connectivity index (χ0) is 26.4. The maximum Gasteiger partial charge on any atom is 0.321 e. The van der Waals surface area contributed by atoms with Gasteiger partial charge in [-0.2, -0.15) is 0 Å². The smallest absolute Gasteiger partial charge is 0.321 e. The summed E-state index contributed by atoms with van der Waals surface area (Å²) in [7, 11) is 0. The Hall–Kier alpha value is -3.04. The van der Waals surface area contributed by atoms with E-state index in [1.54, 1.807) is 4.90 Å². The van der Waals surface area contributed by atoms with E-state index in [4.69, 9.17) is 0 Å². The standard InChI is InChI=1S/C28H36F2N4O3/c1-19(35)33-25(15-20-13-22(29)17-23(30)14-20)26(36)18-32-28(9-3-2-4-10-28)21-7-5-8-24(16-21)34-12-6-11-31-27(34)37/h5,7-8,13-14,16-17,25-26,32,36H,2-4,6,9-12,15,18H2,1H3,(H,31,37)(H,33,35)/t25-,26+/m0/s1. The largest absolute Gasteiger partial charge is 0.390 e. The van der Waals surface area contributed by atoms with Gasteiger partial charge in [0.05, 0.1) is 12.1 Å². The molecule has 1 aliphatic carbocycles. The zero-order valence-electron chi connectivity index (χ0n) is 21.2. The quantitative estimate of drug-likeness (QED) is 0.410. The first-order chi connectivity index (χ1) is 17.8. The van der Waals surface area contributed by atoms with Gasteiger partial charge in [-0.15, -0.1) is 0 Å². The highest BCUT2D eigenvalue weighted by molar-refractivity contribution is 5.92. The van der Waals surface area contributed by atoms with Crippen molar-refractivity contribution >= 4 is 17.6 Å². The van der Waals surface area contributed by atoms with Gasteiger partial charge in [0.2, 0.25) is 5.91 Å². The summed E-state index contributed by atoms with van der Waals surface area (Å²) in [5.74, 6) is -1.74. The van der Waals surface area contributed by atoms with Crippen molar-refractivity contribution in [3.05, 3.63) is 65.2 Å². The average Bonchev–Trinajstić information content (AvgIpc) is 2.87. The monoisotopic (exact) mass is 514 g/mol. The molecular weight excluding hydrogens is 478 g/mol. The van der Waals surface area contributed by atoms with Gasteiger partial charge in [-0.25, -0.2) is 13.6 Å². The Morgan fingerprint density at radius 1 is 1.11 bits per heavy atom. The lowest BCUT2D eigenvalue weighted by Gasteiger charge is -2.41. The lowest BCUT2D eigenvalue weighted by molar-refractivity contribution is -0.120. The lowest BCUT2D eigenvalue weighted by atomic mass is 9.76. The summed E-state index contributed by atoms with van der Waals surface area (Å²) in [6.45, 7) is 2.87. The van der Waals surface area contributed by atoms with E-state index in [0.29, 0.717) is 18.7 Å². The Labute approximate surface area is 216 Å². The minimum Gasteiger partial charge on any atom is -0.390 e. The van der Waals surface area contributed by atoms with Gasteiger partial charge < -0.3 is 21.1 Å². The normalized spacial score (nSPS) is 19.1.